The number of aromatic amines is 1. The SMILES string of the molecule is COc1ccc(C(CNC(=O)C2CC2C(=O)O)c2c[nH]c3ccccc23)cc1. The fourth-order valence-electron chi connectivity index (χ4n) is 3.72. The van der Waals surface area contributed by atoms with Crippen LogP contribution in [0.2, 0.25) is 0 Å². The molecule has 0 spiro atoms. The summed E-state index contributed by atoms with van der Waals surface area (Å²) in [6.07, 6.45) is 2.39. The van der Waals surface area contributed by atoms with Crippen LogP contribution in [0.15, 0.2) is 54.7 Å². The van der Waals surface area contributed by atoms with E-state index in [4.69, 9.17) is 9.84 Å². The molecule has 3 aromatic rings. The van der Waals surface area contributed by atoms with E-state index in [2.05, 4.69) is 16.4 Å². The number of para-hydroxylation sites is 1. The molecule has 0 aliphatic heterocycles. The Hall–Kier alpha value is -3.28. The first kappa shape index (κ1) is 18.1. The van der Waals surface area contributed by atoms with Crippen LogP contribution in [0, 0.1) is 11.8 Å². The van der Waals surface area contributed by atoms with Gasteiger partial charge in [0.25, 0.3) is 0 Å². The zero-order chi connectivity index (χ0) is 19.7. The largest absolute Gasteiger partial charge is 0.497 e. The first-order valence-electron chi connectivity index (χ1n) is 9.29. The second-order valence-corrected chi connectivity index (χ2v) is 7.15. The Morgan fingerprint density at radius 1 is 1.18 bits per heavy atom. The van der Waals surface area contributed by atoms with Crippen LogP contribution in [0.1, 0.15) is 23.5 Å². The molecule has 0 bridgehead atoms. The van der Waals surface area contributed by atoms with Crippen LogP contribution in [-0.2, 0) is 9.59 Å². The van der Waals surface area contributed by atoms with Crippen LogP contribution in [0.5, 0.6) is 5.75 Å². The van der Waals surface area contributed by atoms with Crippen molar-refractivity contribution in [2.45, 2.75) is 12.3 Å². The van der Waals surface area contributed by atoms with Gasteiger partial charge in [0.05, 0.1) is 18.9 Å². The van der Waals surface area contributed by atoms with Crippen LogP contribution < -0.4 is 10.1 Å². The topological polar surface area (TPSA) is 91.4 Å². The summed E-state index contributed by atoms with van der Waals surface area (Å²) < 4.78 is 5.25. The molecule has 144 valence electrons. The van der Waals surface area contributed by atoms with Crippen molar-refractivity contribution >= 4 is 22.8 Å². The van der Waals surface area contributed by atoms with Gasteiger partial charge in [-0.05, 0) is 35.7 Å². The van der Waals surface area contributed by atoms with Crippen molar-refractivity contribution in [2.75, 3.05) is 13.7 Å². The predicted octanol–water partition coefficient (Wildman–Crippen LogP) is 3.15. The van der Waals surface area contributed by atoms with Crippen molar-refractivity contribution in [1.82, 2.24) is 10.3 Å². The van der Waals surface area contributed by atoms with Gasteiger partial charge in [0.1, 0.15) is 5.75 Å². The number of benzene rings is 2. The lowest BCUT2D eigenvalue weighted by Crippen LogP contribution is -2.31. The molecule has 2 aromatic carbocycles. The van der Waals surface area contributed by atoms with Crippen molar-refractivity contribution in [3.05, 3.63) is 65.9 Å². The summed E-state index contributed by atoms with van der Waals surface area (Å²) in [6.45, 7) is 0.399. The summed E-state index contributed by atoms with van der Waals surface area (Å²) in [5.74, 6) is -1.35. The summed E-state index contributed by atoms with van der Waals surface area (Å²) in [4.78, 5) is 26.7. The second kappa shape index (κ2) is 7.38. The average molecular weight is 378 g/mol. The van der Waals surface area contributed by atoms with Crippen molar-refractivity contribution in [2.24, 2.45) is 11.8 Å². The third kappa shape index (κ3) is 3.45. The zero-order valence-electron chi connectivity index (χ0n) is 15.5. The number of rotatable bonds is 7. The highest BCUT2D eigenvalue weighted by Gasteiger charge is 2.48. The normalized spacial score (nSPS) is 19.2. The smallest absolute Gasteiger partial charge is 0.307 e. The fourth-order valence-corrected chi connectivity index (χ4v) is 3.72. The van der Waals surface area contributed by atoms with E-state index < -0.39 is 17.8 Å². The van der Waals surface area contributed by atoms with Crippen LogP contribution in [0.3, 0.4) is 0 Å². The molecular formula is C22H22N2O4. The molecule has 3 unspecified atom stereocenters. The van der Waals surface area contributed by atoms with Gasteiger partial charge in [0.15, 0.2) is 0 Å². The zero-order valence-corrected chi connectivity index (χ0v) is 15.5. The highest BCUT2D eigenvalue weighted by Crippen LogP contribution is 2.39. The van der Waals surface area contributed by atoms with Crippen LogP contribution in [-0.4, -0.2) is 35.6 Å². The Bertz CT molecular complexity index is 1010. The molecule has 1 saturated carbocycles. The first-order valence-corrected chi connectivity index (χ1v) is 9.29. The summed E-state index contributed by atoms with van der Waals surface area (Å²) in [5.41, 5.74) is 3.18. The number of aliphatic carboxylic acids is 1. The molecule has 1 aromatic heterocycles. The van der Waals surface area contributed by atoms with Crippen molar-refractivity contribution in [3.63, 3.8) is 0 Å². The standard InChI is InChI=1S/C22H22N2O4/c1-28-14-8-6-13(7-9-14)18(11-24-21(25)16-10-17(16)22(26)27)19-12-23-20-5-3-2-4-15(19)20/h2-9,12,16-18,23H,10-11H2,1H3,(H,24,25)(H,26,27). The number of amides is 1. The van der Waals surface area contributed by atoms with E-state index >= 15 is 0 Å². The number of methoxy groups -OCH3 is 1. The maximum absolute atomic E-state index is 12.4. The molecule has 6 nitrogen and oxygen atoms in total. The second-order valence-electron chi connectivity index (χ2n) is 7.15. The molecule has 4 rings (SSSR count). The monoisotopic (exact) mass is 378 g/mol. The van der Waals surface area contributed by atoms with E-state index in [-0.39, 0.29) is 11.8 Å². The van der Waals surface area contributed by atoms with E-state index in [1.165, 1.54) is 0 Å². The minimum Gasteiger partial charge on any atom is -0.497 e. The van der Waals surface area contributed by atoms with E-state index in [1.807, 2.05) is 48.7 Å². The number of hydrogen-bond acceptors (Lipinski definition) is 3. The number of carboxylic acid groups (broad SMARTS) is 1. The number of nitrogens with one attached hydrogen (secondary N) is 2. The van der Waals surface area contributed by atoms with Crippen molar-refractivity contribution in [3.8, 4) is 5.75 Å². The number of H-pyrrole nitrogens is 1. The fraction of sp³-hybridized carbons (Fsp3) is 0.273. The lowest BCUT2D eigenvalue weighted by atomic mass is 9.90. The third-order valence-electron chi connectivity index (χ3n) is 5.44. The third-order valence-corrected chi connectivity index (χ3v) is 5.44. The quantitative estimate of drug-likeness (QED) is 0.589. The van der Waals surface area contributed by atoms with Gasteiger partial charge in [-0.25, -0.2) is 0 Å². The van der Waals surface area contributed by atoms with Crippen molar-refractivity contribution < 1.29 is 19.4 Å². The van der Waals surface area contributed by atoms with Crippen LogP contribution >= 0.6 is 0 Å². The lowest BCUT2D eigenvalue weighted by molar-refractivity contribution is -0.140. The van der Waals surface area contributed by atoms with Gasteiger partial charge in [0, 0.05) is 29.6 Å². The Morgan fingerprint density at radius 2 is 1.93 bits per heavy atom. The number of fused-ring (bicyclic) bond motifs is 1. The summed E-state index contributed by atoms with van der Waals surface area (Å²) >= 11 is 0. The average Bonchev–Trinajstić information content (AvgIpc) is 3.43. The van der Waals surface area contributed by atoms with Gasteiger partial charge in [-0.15, -0.1) is 0 Å². The molecule has 1 aliphatic rings. The highest BCUT2D eigenvalue weighted by molar-refractivity contribution is 5.89. The Morgan fingerprint density at radius 3 is 2.61 bits per heavy atom. The Balaban J connectivity index is 1.60. The van der Waals surface area contributed by atoms with Gasteiger partial charge in [0.2, 0.25) is 5.91 Å². The summed E-state index contributed by atoms with van der Waals surface area (Å²) in [7, 11) is 1.63. The van der Waals surface area contributed by atoms with Gasteiger partial charge in [-0.2, -0.15) is 0 Å². The van der Waals surface area contributed by atoms with Crippen LogP contribution in [0.4, 0.5) is 0 Å². The molecule has 0 saturated heterocycles. The number of carbonyl (C=O) groups is 2. The minimum atomic E-state index is -0.900. The molecular weight excluding hydrogens is 356 g/mol. The molecule has 1 aliphatic carbocycles. The lowest BCUT2D eigenvalue weighted by Gasteiger charge is -2.18. The summed E-state index contributed by atoms with van der Waals surface area (Å²) in [5, 5.41) is 13.1. The summed E-state index contributed by atoms with van der Waals surface area (Å²) in [6, 6.07) is 15.8. The maximum atomic E-state index is 12.4. The number of carboxylic acids is 1. The van der Waals surface area contributed by atoms with Gasteiger partial charge in [-0.3, -0.25) is 9.59 Å². The number of ether oxygens (including phenoxy) is 1. The van der Waals surface area contributed by atoms with Crippen molar-refractivity contribution in [1.29, 1.82) is 0 Å². The molecule has 6 heteroatoms. The Labute approximate surface area is 162 Å². The molecule has 1 heterocycles. The molecule has 1 fully saturated rings. The number of hydrogen-bond donors (Lipinski definition) is 3. The van der Waals surface area contributed by atoms with Gasteiger partial charge < -0.3 is 20.1 Å². The van der Waals surface area contributed by atoms with E-state index in [0.29, 0.717) is 13.0 Å². The van der Waals surface area contributed by atoms with E-state index in [0.717, 1.165) is 27.8 Å². The molecule has 28 heavy (non-hydrogen) atoms. The highest BCUT2D eigenvalue weighted by atomic mass is 16.5. The maximum Gasteiger partial charge on any atom is 0.307 e. The number of aromatic nitrogens is 1. The minimum absolute atomic E-state index is 0.0620. The molecule has 0 radical (unpaired) electrons. The Kier molecular flexibility index (Phi) is 4.77. The molecule has 3 atom stereocenters. The van der Waals surface area contributed by atoms with Crippen LogP contribution in [0.25, 0.3) is 10.9 Å². The van der Waals surface area contributed by atoms with E-state index in [9.17, 15) is 9.59 Å². The number of carbonyl (C=O) groups excluding carboxylic acids is 1. The van der Waals surface area contributed by atoms with E-state index in [1.54, 1.807) is 7.11 Å². The molecule has 3 N–H and O–H groups in total. The van der Waals surface area contributed by atoms with Gasteiger partial charge in [-0.1, -0.05) is 30.3 Å². The molecule has 1 amide bonds. The first-order chi connectivity index (χ1) is 13.6. The van der Waals surface area contributed by atoms with Gasteiger partial charge >= 0.3 is 5.97 Å². The predicted molar refractivity (Wildman–Crippen MR) is 105 cm³/mol.